The van der Waals surface area contributed by atoms with Crippen LogP contribution in [-0.4, -0.2) is 46.9 Å². The molecule has 0 atom stereocenters. The van der Waals surface area contributed by atoms with Crippen LogP contribution >= 0.6 is 0 Å². The van der Waals surface area contributed by atoms with Gasteiger partial charge in [-0.2, -0.15) is 0 Å². The molecule has 1 aromatic rings. The van der Waals surface area contributed by atoms with E-state index in [9.17, 15) is 0 Å². The maximum Gasteiger partial charge on any atom is 0.231 e. The van der Waals surface area contributed by atoms with Crippen molar-refractivity contribution in [1.82, 2.24) is 5.32 Å². The highest BCUT2D eigenvalue weighted by Gasteiger charge is 2.17. The van der Waals surface area contributed by atoms with Crippen molar-refractivity contribution in [3.63, 3.8) is 0 Å². The molecule has 0 amide bonds. The number of rotatable bonds is 10. The van der Waals surface area contributed by atoms with Crippen LogP contribution in [0.2, 0.25) is 0 Å². The van der Waals surface area contributed by atoms with Gasteiger partial charge in [0.2, 0.25) is 6.79 Å². The molecule has 6 nitrogen and oxygen atoms in total. The number of hydrogen-bond acceptors (Lipinski definition) is 6. The quantitative estimate of drug-likeness (QED) is 0.662. The average molecular weight is 297 g/mol. The summed E-state index contributed by atoms with van der Waals surface area (Å²) in [5.41, 5.74) is 1.03. The summed E-state index contributed by atoms with van der Waals surface area (Å²) >= 11 is 0. The molecule has 0 aromatic heterocycles. The van der Waals surface area contributed by atoms with Crippen molar-refractivity contribution in [3.8, 4) is 17.2 Å². The standard InChI is InChI=1S/C15H23NO5/c1-3-18-6-7-19-13-9-15-14(20-11-21-15)8-12(13)10-16-4-5-17-2/h8-9,16H,3-7,10-11H2,1-2H3. The van der Waals surface area contributed by atoms with Crippen LogP contribution in [0.4, 0.5) is 0 Å². The van der Waals surface area contributed by atoms with E-state index in [4.69, 9.17) is 23.7 Å². The molecule has 0 radical (unpaired) electrons. The molecule has 0 spiro atoms. The zero-order valence-electron chi connectivity index (χ0n) is 12.6. The van der Waals surface area contributed by atoms with Gasteiger partial charge in [-0.05, 0) is 13.0 Å². The van der Waals surface area contributed by atoms with Crippen molar-refractivity contribution >= 4 is 0 Å². The van der Waals surface area contributed by atoms with Crippen LogP contribution in [0.1, 0.15) is 12.5 Å². The summed E-state index contributed by atoms with van der Waals surface area (Å²) in [6, 6.07) is 3.83. The Morgan fingerprint density at radius 2 is 1.95 bits per heavy atom. The van der Waals surface area contributed by atoms with Gasteiger partial charge in [-0.3, -0.25) is 0 Å². The average Bonchev–Trinajstić information content (AvgIpc) is 2.95. The van der Waals surface area contributed by atoms with Crippen molar-refractivity contribution in [1.29, 1.82) is 0 Å². The number of nitrogens with one attached hydrogen (secondary N) is 1. The van der Waals surface area contributed by atoms with Gasteiger partial charge < -0.3 is 29.0 Å². The molecule has 1 aliphatic heterocycles. The van der Waals surface area contributed by atoms with Crippen molar-refractivity contribution in [3.05, 3.63) is 17.7 Å². The highest BCUT2D eigenvalue weighted by Crippen LogP contribution is 2.38. The zero-order valence-corrected chi connectivity index (χ0v) is 12.6. The summed E-state index contributed by atoms with van der Waals surface area (Å²) in [5.74, 6) is 2.28. The molecular weight excluding hydrogens is 274 g/mol. The van der Waals surface area contributed by atoms with Crippen LogP contribution in [0.5, 0.6) is 17.2 Å². The van der Waals surface area contributed by atoms with Crippen LogP contribution in [0.3, 0.4) is 0 Å². The highest BCUT2D eigenvalue weighted by molar-refractivity contribution is 5.51. The molecule has 0 aliphatic carbocycles. The van der Waals surface area contributed by atoms with Crippen LogP contribution < -0.4 is 19.5 Å². The van der Waals surface area contributed by atoms with E-state index in [2.05, 4.69) is 5.32 Å². The third kappa shape index (κ3) is 4.77. The Kier molecular flexibility index (Phi) is 6.59. The number of fused-ring (bicyclic) bond motifs is 1. The molecule has 1 heterocycles. The number of benzene rings is 1. The van der Waals surface area contributed by atoms with Gasteiger partial charge in [0.1, 0.15) is 12.4 Å². The molecule has 0 unspecified atom stereocenters. The van der Waals surface area contributed by atoms with E-state index in [-0.39, 0.29) is 6.79 Å². The van der Waals surface area contributed by atoms with E-state index in [1.165, 1.54) is 0 Å². The lowest BCUT2D eigenvalue weighted by Crippen LogP contribution is -2.19. The molecule has 2 rings (SSSR count). The Bertz CT molecular complexity index is 399. The minimum atomic E-state index is 0.258. The van der Waals surface area contributed by atoms with Gasteiger partial charge in [0.15, 0.2) is 11.5 Å². The normalized spacial score (nSPS) is 12.7. The summed E-state index contributed by atoms with van der Waals surface area (Å²) in [4.78, 5) is 0. The van der Waals surface area contributed by atoms with Gasteiger partial charge in [-0.25, -0.2) is 0 Å². The van der Waals surface area contributed by atoms with Crippen molar-refractivity contribution in [2.75, 3.05) is 46.9 Å². The SMILES string of the molecule is CCOCCOc1cc2c(cc1CNCCOC)OCO2. The zero-order chi connectivity index (χ0) is 14.9. The Morgan fingerprint density at radius 1 is 1.14 bits per heavy atom. The van der Waals surface area contributed by atoms with Gasteiger partial charge >= 0.3 is 0 Å². The molecule has 0 bridgehead atoms. The second-order valence-corrected chi connectivity index (χ2v) is 4.53. The van der Waals surface area contributed by atoms with Gasteiger partial charge in [0, 0.05) is 38.4 Å². The van der Waals surface area contributed by atoms with Crippen LogP contribution in [0, 0.1) is 0 Å². The first-order valence-corrected chi connectivity index (χ1v) is 7.18. The van der Waals surface area contributed by atoms with E-state index >= 15 is 0 Å². The summed E-state index contributed by atoms with van der Waals surface area (Å²) in [7, 11) is 1.69. The monoisotopic (exact) mass is 297 g/mol. The predicted octanol–water partition coefficient (Wildman–Crippen LogP) is 1.57. The largest absolute Gasteiger partial charge is 0.491 e. The second-order valence-electron chi connectivity index (χ2n) is 4.53. The summed E-state index contributed by atoms with van der Waals surface area (Å²) in [6.07, 6.45) is 0. The maximum atomic E-state index is 5.79. The molecule has 0 saturated heterocycles. The Hall–Kier alpha value is -1.50. The molecule has 0 fully saturated rings. The Morgan fingerprint density at radius 3 is 2.71 bits per heavy atom. The summed E-state index contributed by atoms with van der Waals surface area (Å²) in [6.45, 7) is 6.13. The maximum absolute atomic E-state index is 5.79. The van der Waals surface area contributed by atoms with E-state index in [0.717, 1.165) is 29.4 Å². The van der Waals surface area contributed by atoms with Gasteiger partial charge in [-0.15, -0.1) is 0 Å². The minimum absolute atomic E-state index is 0.258. The van der Waals surface area contributed by atoms with Gasteiger partial charge in [0.05, 0.1) is 13.2 Å². The Balaban J connectivity index is 1.97. The first kappa shape index (κ1) is 15.9. The van der Waals surface area contributed by atoms with E-state index in [1.54, 1.807) is 7.11 Å². The molecule has 21 heavy (non-hydrogen) atoms. The van der Waals surface area contributed by atoms with E-state index in [0.29, 0.717) is 33.0 Å². The fourth-order valence-corrected chi connectivity index (χ4v) is 1.99. The van der Waals surface area contributed by atoms with Gasteiger partial charge in [0.25, 0.3) is 0 Å². The molecule has 1 aromatic carbocycles. The number of methoxy groups -OCH3 is 1. The lowest BCUT2D eigenvalue weighted by atomic mass is 10.1. The first-order chi connectivity index (χ1) is 10.3. The lowest BCUT2D eigenvalue weighted by molar-refractivity contribution is 0.109. The van der Waals surface area contributed by atoms with Crippen molar-refractivity contribution < 1.29 is 23.7 Å². The lowest BCUT2D eigenvalue weighted by Gasteiger charge is -2.13. The van der Waals surface area contributed by atoms with Crippen molar-refractivity contribution in [2.24, 2.45) is 0 Å². The molecule has 1 N–H and O–H groups in total. The molecule has 1 aliphatic rings. The van der Waals surface area contributed by atoms with E-state index < -0.39 is 0 Å². The number of hydrogen-bond donors (Lipinski definition) is 1. The summed E-state index contributed by atoms with van der Waals surface area (Å²) in [5, 5.41) is 3.30. The fourth-order valence-electron chi connectivity index (χ4n) is 1.99. The smallest absolute Gasteiger partial charge is 0.231 e. The van der Waals surface area contributed by atoms with Gasteiger partial charge in [-0.1, -0.05) is 0 Å². The van der Waals surface area contributed by atoms with Crippen LogP contribution in [0.25, 0.3) is 0 Å². The molecule has 118 valence electrons. The van der Waals surface area contributed by atoms with Crippen LogP contribution in [-0.2, 0) is 16.0 Å². The van der Waals surface area contributed by atoms with Crippen molar-refractivity contribution in [2.45, 2.75) is 13.5 Å². The minimum Gasteiger partial charge on any atom is -0.491 e. The fraction of sp³-hybridized carbons (Fsp3) is 0.600. The third-order valence-corrected chi connectivity index (χ3v) is 3.04. The van der Waals surface area contributed by atoms with E-state index in [1.807, 2.05) is 19.1 Å². The first-order valence-electron chi connectivity index (χ1n) is 7.18. The predicted molar refractivity (Wildman–Crippen MR) is 78.1 cm³/mol. The molecule has 0 saturated carbocycles. The third-order valence-electron chi connectivity index (χ3n) is 3.04. The highest BCUT2D eigenvalue weighted by atomic mass is 16.7. The number of ether oxygens (including phenoxy) is 5. The molecule has 6 heteroatoms. The topological polar surface area (TPSA) is 58.2 Å². The van der Waals surface area contributed by atoms with Crippen LogP contribution in [0.15, 0.2) is 12.1 Å². The second kappa shape index (κ2) is 8.71. The Labute approximate surface area is 125 Å². The summed E-state index contributed by atoms with van der Waals surface area (Å²) < 4.78 is 26.9. The molecular formula is C15H23NO5.